The standard InChI is InChI=1S/C19H28N4O6.C15H18F2N2O2/c1-12-17(26)23-9-4-6-14(23)19(28)29-10-7-16(25)22-8-3-5-13(22)18(27)21(2)11-15(24)20-12;1-2-3-4-5-14(20)19-13(15(18)21)9-10-6-7-11(16)12(17)8-10/h12-14H,3-11H2,1-2H3,(H,20,24);4-8,13H,2-3,9H2,1H3,(H2,18,21)(H,19,20)/b;5-4+/t;13-/m.0/s1. The number of fused-ring (bicyclic) bond motifs is 2. The van der Waals surface area contributed by atoms with Crippen molar-refractivity contribution in [2.45, 2.75) is 89.4 Å². The van der Waals surface area contributed by atoms with E-state index in [1.54, 1.807) is 13.0 Å². The second-order valence-corrected chi connectivity index (χ2v) is 12.4. The van der Waals surface area contributed by atoms with Crippen LogP contribution in [-0.2, 0) is 44.7 Å². The third-order valence-corrected chi connectivity index (χ3v) is 8.54. The van der Waals surface area contributed by atoms with Crippen LogP contribution in [0.5, 0.6) is 0 Å². The van der Waals surface area contributed by atoms with Crippen LogP contribution in [0.3, 0.4) is 0 Å². The van der Waals surface area contributed by atoms with E-state index in [0.29, 0.717) is 44.3 Å². The highest BCUT2D eigenvalue weighted by molar-refractivity contribution is 5.94. The van der Waals surface area contributed by atoms with Crippen LogP contribution in [0.1, 0.15) is 64.4 Å². The predicted octanol–water partition coefficient (Wildman–Crippen LogP) is 0.712. The zero-order chi connectivity index (χ0) is 37.0. The lowest BCUT2D eigenvalue weighted by Crippen LogP contribution is -2.54. The molecule has 16 heteroatoms. The Morgan fingerprint density at radius 1 is 1.04 bits per heavy atom. The molecule has 0 bridgehead atoms. The van der Waals surface area contributed by atoms with Crippen LogP contribution in [0.25, 0.3) is 0 Å². The monoisotopic (exact) mass is 704 g/mol. The van der Waals surface area contributed by atoms with E-state index in [1.807, 2.05) is 6.92 Å². The summed E-state index contributed by atoms with van der Waals surface area (Å²) in [6.45, 7) is 4.10. The number of unbranched alkanes of at least 4 members (excludes halogenated alkanes) is 1. The summed E-state index contributed by atoms with van der Waals surface area (Å²) >= 11 is 0. The number of nitrogens with two attached hydrogens (primary N) is 1. The van der Waals surface area contributed by atoms with Gasteiger partial charge in [-0.2, -0.15) is 0 Å². The van der Waals surface area contributed by atoms with Gasteiger partial charge in [0.05, 0.1) is 13.0 Å². The third-order valence-electron chi connectivity index (χ3n) is 8.54. The van der Waals surface area contributed by atoms with Gasteiger partial charge < -0.3 is 35.8 Å². The van der Waals surface area contributed by atoms with Gasteiger partial charge in [-0.25, -0.2) is 13.6 Å². The number of likely N-dealkylation sites (N-methyl/N-ethyl adjacent to an activating group) is 1. The van der Waals surface area contributed by atoms with Crippen molar-refractivity contribution in [3.05, 3.63) is 47.5 Å². The van der Waals surface area contributed by atoms with Gasteiger partial charge in [0.2, 0.25) is 35.4 Å². The summed E-state index contributed by atoms with van der Waals surface area (Å²) in [6, 6.07) is 0.163. The average Bonchev–Trinajstić information content (AvgIpc) is 3.76. The Labute approximate surface area is 289 Å². The van der Waals surface area contributed by atoms with Gasteiger partial charge in [0, 0.05) is 26.6 Å². The molecule has 0 saturated carbocycles. The maximum atomic E-state index is 13.1. The van der Waals surface area contributed by atoms with Crippen molar-refractivity contribution in [2.24, 2.45) is 5.73 Å². The SMILES string of the molecule is CC1NC(=O)CN(C)C(=O)C2CCCN2C(=O)CCOC(=O)C2CCCN2C1=O.CCC/C=C/C(=O)N[C@@H](Cc1ccc(F)c(F)c1)C(N)=O. The van der Waals surface area contributed by atoms with Crippen LogP contribution in [0.15, 0.2) is 30.4 Å². The van der Waals surface area contributed by atoms with Crippen molar-refractivity contribution in [3.63, 3.8) is 0 Å². The van der Waals surface area contributed by atoms with Gasteiger partial charge in [-0.1, -0.05) is 25.5 Å². The molecule has 4 rings (SSSR count). The van der Waals surface area contributed by atoms with Crippen molar-refractivity contribution in [3.8, 4) is 0 Å². The molecule has 1 aromatic carbocycles. The Balaban J connectivity index is 0.000000286. The van der Waals surface area contributed by atoms with Gasteiger partial charge in [0.15, 0.2) is 11.6 Å². The van der Waals surface area contributed by atoms with E-state index < -0.39 is 59.5 Å². The molecule has 0 radical (unpaired) electrons. The first-order valence-electron chi connectivity index (χ1n) is 16.7. The van der Waals surface area contributed by atoms with Crippen molar-refractivity contribution >= 4 is 41.4 Å². The van der Waals surface area contributed by atoms with Crippen LogP contribution >= 0.6 is 0 Å². The van der Waals surface area contributed by atoms with E-state index in [1.165, 1.54) is 33.9 Å². The van der Waals surface area contributed by atoms with E-state index in [0.717, 1.165) is 25.0 Å². The maximum absolute atomic E-state index is 13.1. The highest BCUT2D eigenvalue weighted by Crippen LogP contribution is 2.22. The highest BCUT2D eigenvalue weighted by atomic mass is 19.2. The van der Waals surface area contributed by atoms with E-state index in [9.17, 15) is 42.3 Å². The molecule has 0 spiro atoms. The van der Waals surface area contributed by atoms with Gasteiger partial charge in [-0.3, -0.25) is 28.8 Å². The number of nitrogens with zero attached hydrogens (tertiary/aromatic N) is 3. The number of hydrogen-bond donors (Lipinski definition) is 3. The molecular weight excluding hydrogens is 658 g/mol. The molecule has 3 aliphatic rings. The summed E-state index contributed by atoms with van der Waals surface area (Å²) in [5, 5.41) is 5.04. The second kappa shape index (κ2) is 18.8. The van der Waals surface area contributed by atoms with Gasteiger partial charge in [0.1, 0.15) is 30.8 Å². The van der Waals surface area contributed by atoms with Crippen molar-refractivity contribution in [2.75, 3.05) is 33.3 Å². The fraction of sp³-hybridized carbons (Fsp3) is 0.559. The number of hydrogen-bond acceptors (Lipinski definition) is 8. The first-order valence-corrected chi connectivity index (χ1v) is 16.7. The zero-order valence-corrected chi connectivity index (χ0v) is 28.6. The summed E-state index contributed by atoms with van der Waals surface area (Å²) in [4.78, 5) is 90.0. The number of esters is 1. The third kappa shape index (κ3) is 11.1. The van der Waals surface area contributed by atoms with Crippen molar-refractivity contribution in [1.29, 1.82) is 0 Å². The highest BCUT2D eigenvalue weighted by Gasteiger charge is 2.39. The summed E-state index contributed by atoms with van der Waals surface area (Å²) in [6.07, 6.45) is 7.03. The van der Waals surface area contributed by atoms with Gasteiger partial charge >= 0.3 is 5.97 Å². The molecule has 274 valence electrons. The molecule has 3 saturated heterocycles. The quantitative estimate of drug-likeness (QED) is 0.273. The van der Waals surface area contributed by atoms with E-state index >= 15 is 0 Å². The molecule has 6 amide bonds. The number of benzene rings is 1. The molecule has 3 fully saturated rings. The molecule has 3 aliphatic heterocycles. The Hall–Kier alpha value is -4.89. The van der Waals surface area contributed by atoms with Gasteiger partial charge in [-0.05, 0) is 62.8 Å². The van der Waals surface area contributed by atoms with E-state index in [-0.39, 0.29) is 43.7 Å². The molecule has 4 N–H and O–H groups in total. The molecule has 4 atom stereocenters. The topological polar surface area (TPSA) is 189 Å². The molecule has 0 aromatic heterocycles. The minimum absolute atomic E-state index is 0.000108. The first kappa shape index (κ1) is 39.5. The minimum Gasteiger partial charge on any atom is -0.464 e. The summed E-state index contributed by atoms with van der Waals surface area (Å²) in [5.74, 6) is -5.11. The fourth-order valence-corrected chi connectivity index (χ4v) is 5.92. The van der Waals surface area contributed by atoms with E-state index in [4.69, 9.17) is 10.5 Å². The molecular formula is C34H46F2N6O8. The number of carbonyl (C=O) groups is 7. The van der Waals surface area contributed by atoms with Crippen LogP contribution in [-0.4, -0.2) is 114 Å². The number of carbonyl (C=O) groups excluding carboxylic acids is 7. The Morgan fingerprint density at radius 2 is 1.72 bits per heavy atom. The fourth-order valence-electron chi connectivity index (χ4n) is 5.92. The first-order chi connectivity index (χ1) is 23.7. The second-order valence-electron chi connectivity index (χ2n) is 12.4. The lowest BCUT2D eigenvalue weighted by Gasteiger charge is -2.30. The molecule has 50 heavy (non-hydrogen) atoms. The van der Waals surface area contributed by atoms with Crippen LogP contribution in [0.2, 0.25) is 0 Å². The number of allylic oxidation sites excluding steroid dienone is 1. The molecule has 14 nitrogen and oxygen atoms in total. The predicted molar refractivity (Wildman–Crippen MR) is 176 cm³/mol. The zero-order valence-electron chi connectivity index (χ0n) is 28.6. The smallest absolute Gasteiger partial charge is 0.328 e. The Bertz CT molecular complexity index is 1420. The number of halogens is 2. The Morgan fingerprint density at radius 3 is 2.38 bits per heavy atom. The number of rotatable bonds is 7. The number of cyclic esters (lactones) is 1. The molecule has 0 aliphatic carbocycles. The lowest BCUT2D eigenvalue weighted by molar-refractivity contribution is -0.155. The number of primary amides is 1. The molecule has 1 aromatic rings. The van der Waals surface area contributed by atoms with Crippen LogP contribution in [0.4, 0.5) is 8.78 Å². The maximum Gasteiger partial charge on any atom is 0.328 e. The Kier molecular flexibility index (Phi) is 14.8. The van der Waals surface area contributed by atoms with Crippen LogP contribution < -0.4 is 16.4 Å². The summed E-state index contributed by atoms with van der Waals surface area (Å²) in [7, 11) is 1.51. The number of amides is 6. The van der Waals surface area contributed by atoms with Crippen molar-refractivity contribution < 1.29 is 47.1 Å². The van der Waals surface area contributed by atoms with Crippen LogP contribution in [0, 0.1) is 11.6 Å². The molecule has 3 unspecified atom stereocenters. The number of nitrogens with one attached hydrogen (secondary N) is 2. The normalized spacial score (nSPS) is 22.7. The average molecular weight is 705 g/mol. The number of ether oxygens (including phenoxy) is 1. The van der Waals surface area contributed by atoms with E-state index in [2.05, 4.69) is 10.6 Å². The summed E-state index contributed by atoms with van der Waals surface area (Å²) in [5.41, 5.74) is 5.58. The largest absolute Gasteiger partial charge is 0.464 e. The lowest BCUT2D eigenvalue weighted by atomic mass is 10.0. The minimum atomic E-state index is -1.01. The molecule has 3 heterocycles. The van der Waals surface area contributed by atoms with Crippen molar-refractivity contribution in [1.82, 2.24) is 25.3 Å². The van der Waals surface area contributed by atoms with Gasteiger partial charge in [-0.15, -0.1) is 0 Å². The van der Waals surface area contributed by atoms with Gasteiger partial charge in [0.25, 0.3) is 0 Å². The summed E-state index contributed by atoms with van der Waals surface area (Å²) < 4.78 is 31.2.